The topological polar surface area (TPSA) is 192 Å². The lowest BCUT2D eigenvalue weighted by Crippen LogP contribution is -1.74. The van der Waals surface area contributed by atoms with Gasteiger partial charge in [0.15, 0.2) is 0 Å². The van der Waals surface area contributed by atoms with E-state index >= 15 is 0 Å². The van der Waals surface area contributed by atoms with Gasteiger partial charge in [-0.1, -0.05) is 0 Å². The van der Waals surface area contributed by atoms with Gasteiger partial charge in [0, 0.05) is 0 Å². The third-order valence-electron chi connectivity index (χ3n) is 0. The van der Waals surface area contributed by atoms with E-state index in [-0.39, 0.29) is 11.0 Å². The fourth-order valence-electron chi connectivity index (χ4n) is 0. The zero-order valence-electron chi connectivity index (χ0n) is 4.25. The Morgan fingerprint density at radius 3 is 0.800 bits per heavy atom. The number of hydrogen-bond donors (Lipinski definition) is 0. The van der Waals surface area contributed by atoms with Crippen LogP contribution in [0.2, 0.25) is 0 Å². The summed E-state index contributed by atoms with van der Waals surface area (Å²) in [4.78, 5) is 16.5. The molecule has 0 fully saturated rings. The summed E-state index contributed by atoms with van der Waals surface area (Å²) in [7, 11) is 0. The molecule has 0 saturated carbocycles. The molecule has 0 spiro atoms. The molecule has 0 aliphatic rings. The maximum Gasteiger partial charge on any atom is 2.00 e. The molecular weight excluding hydrogens is 156 g/mol. The second kappa shape index (κ2) is 15.7. The fourth-order valence-corrected chi connectivity index (χ4v) is 0. The largest absolute Gasteiger partial charge is 2.00 e. The van der Waals surface area contributed by atoms with Crippen LogP contribution in [0, 0.1) is 30.6 Å². The van der Waals surface area contributed by atoms with Gasteiger partial charge in [-0.3, -0.25) is 0 Å². The Bertz CT molecular complexity index is 65.3. The first-order valence-electron chi connectivity index (χ1n) is 1.10. The SMILES string of the molecule is O.O=[N+]([O-])[O-].O=[N+]([O-])[O-].[O+2]. The first-order valence-corrected chi connectivity index (χ1v) is 1.10. The molecule has 0 atom stereocenters. The summed E-state index contributed by atoms with van der Waals surface area (Å²) in [6.07, 6.45) is 0. The minimum absolute atomic E-state index is 0. The van der Waals surface area contributed by atoms with Crippen LogP contribution >= 0.6 is 0 Å². The zero-order valence-corrected chi connectivity index (χ0v) is 4.25. The van der Waals surface area contributed by atoms with Gasteiger partial charge in [-0.05, 0) is 0 Å². The molecule has 0 rings (SSSR count). The van der Waals surface area contributed by atoms with E-state index in [4.69, 9.17) is 30.6 Å². The molecule has 0 aromatic heterocycles. The van der Waals surface area contributed by atoms with Crippen molar-refractivity contribution < 1.29 is 21.1 Å². The molecule has 4 radical (unpaired) electrons. The molecule has 0 aliphatic heterocycles. The third kappa shape index (κ3) is 63.4. The van der Waals surface area contributed by atoms with Crippen molar-refractivity contribution in [2.75, 3.05) is 0 Å². The summed E-state index contributed by atoms with van der Waals surface area (Å²) in [5.74, 6) is 0. The van der Waals surface area contributed by atoms with E-state index in [0.29, 0.717) is 0 Å². The Morgan fingerprint density at radius 2 is 0.800 bits per heavy atom. The van der Waals surface area contributed by atoms with E-state index in [9.17, 15) is 0 Å². The Kier molecular flexibility index (Phi) is 37.4. The van der Waals surface area contributed by atoms with Crippen LogP contribution in [-0.2, 0) is 5.48 Å². The van der Waals surface area contributed by atoms with Gasteiger partial charge < -0.3 is 36.1 Å². The minimum atomic E-state index is -1.75. The summed E-state index contributed by atoms with van der Waals surface area (Å²) in [5, 5.41) is 29.5. The van der Waals surface area contributed by atoms with Crippen LogP contribution in [0.25, 0.3) is 0 Å². The van der Waals surface area contributed by atoms with Gasteiger partial charge in [0.25, 0.3) is 0 Å². The molecule has 0 aromatic rings. The van der Waals surface area contributed by atoms with E-state index < -0.39 is 10.2 Å². The van der Waals surface area contributed by atoms with Crippen molar-refractivity contribution in [3.8, 4) is 0 Å². The van der Waals surface area contributed by atoms with Gasteiger partial charge >= 0.3 is 5.48 Å². The maximum atomic E-state index is 8.25. The highest BCUT2D eigenvalue weighted by atomic mass is 16.9. The average molecular weight is 158 g/mol. The molecule has 0 heterocycles. The Morgan fingerprint density at radius 1 is 0.800 bits per heavy atom. The molecule has 0 unspecified atom stereocenters. The highest BCUT2D eigenvalue weighted by Crippen LogP contribution is 1.44. The Hall–Kier alpha value is -1.68. The van der Waals surface area contributed by atoms with Gasteiger partial charge in [-0.25, -0.2) is 0 Å². The second-order valence-electron chi connectivity index (χ2n) is 0.447. The molecule has 0 amide bonds. The van der Waals surface area contributed by atoms with E-state index in [0.717, 1.165) is 0 Å². The van der Waals surface area contributed by atoms with Crippen LogP contribution in [0.5, 0.6) is 0 Å². The smallest absolute Gasteiger partial charge is 0.412 e. The Labute approximate surface area is 53.1 Å². The van der Waals surface area contributed by atoms with Crippen LogP contribution in [0.1, 0.15) is 0 Å². The van der Waals surface area contributed by atoms with Crippen molar-refractivity contribution in [3.63, 3.8) is 0 Å². The van der Waals surface area contributed by atoms with Crippen LogP contribution in [0.15, 0.2) is 0 Å². The zero-order chi connectivity index (χ0) is 7.15. The van der Waals surface area contributed by atoms with E-state index in [1.165, 1.54) is 0 Å². The highest BCUT2D eigenvalue weighted by molar-refractivity contribution is 4.04. The summed E-state index contributed by atoms with van der Waals surface area (Å²) < 4.78 is 0. The van der Waals surface area contributed by atoms with Crippen molar-refractivity contribution in [3.05, 3.63) is 30.6 Å². The minimum Gasteiger partial charge on any atom is -0.412 e. The molecular formula is H2N2O8. The quantitative estimate of drug-likeness (QED) is 0.306. The summed E-state index contributed by atoms with van der Waals surface area (Å²) in [5.41, 5.74) is 0. The molecule has 60 valence electrons. The van der Waals surface area contributed by atoms with Crippen molar-refractivity contribution in [2.45, 2.75) is 0 Å². The maximum absolute atomic E-state index is 8.25. The first-order chi connectivity index (χ1) is 3.46. The fraction of sp³-hybridized carbons (Fsp3) is 0. The van der Waals surface area contributed by atoms with Crippen molar-refractivity contribution in [2.24, 2.45) is 0 Å². The Balaban J connectivity index is -0.0000000300. The van der Waals surface area contributed by atoms with Gasteiger partial charge in [-0.2, -0.15) is 0 Å². The molecule has 2 N–H and O–H groups in total. The van der Waals surface area contributed by atoms with Gasteiger partial charge in [0.1, 0.15) is 0 Å². The number of hydrogen-bond acceptors (Lipinski definition) is 6. The molecule has 10 heteroatoms. The molecule has 10 nitrogen and oxygen atoms in total. The molecule has 0 bridgehead atoms. The third-order valence-corrected chi connectivity index (χ3v) is 0. The van der Waals surface area contributed by atoms with E-state index in [2.05, 4.69) is 0 Å². The molecule has 0 saturated heterocycles. The summed E-state index contributed by atoms with van der Waals surface area (Å²) in [6.45, 7) is 0. The van der Waals surface area contributed by atoms with Crippen LogP contribution < -0.4 is 0 Å². The molecule has 0 aliphatic carbocycles. The van der Waals surface area contributed by atoms with Crippen LogP contribution in [-0.4, -0.2) is 15.6 Å². The van der Waals surface area contributed by atoms with Gasteiger partial charge in [0.05, 0.1) is 10.2 Å². The van der Waals surface area contributed by atoms with Crippen LogP contribution in [0.4, 0.5) is 0 Å². The monoisotopic (exact) mass is 158 g/mol. The van der Waals surface area contributed by atoms with Crippen molar-refractivity contribution in [1.82, 2.24) is 0 Å². The summed E-state index contributed by atoms with van der Waals surface area (Å²) >= 11 is 0. The van der Waals surface area contributed by atoms with Crippen LogP contribution in [0.3, 0.4) is 0 Å². The highest BCUT2D eigenvalue weighted by Gasteiger charge is 2.00. The standard InChI is InChI=1S/2NO3.H2O.O/c2*2-1(3)4;;/h;;1H2;/q2*-1;;+2. The average Bonchev–Trinajstić information content (AvgIpc) is 1.25. The summed E-state index contributed by atoms with van der Waals surface area (Å²) in [6, 6.07) is 0. The number of nitrogens with zero attached hydrogens (tertiary/aromatic N) is 2. The van der Waals surface area contributed by atoms with Gasteiger partial charge in [0.2, 0.25) is 0 Å². The van der Waals surface area contributed by atoms with E-state index in [1.54, 1.807) is 0 Å². The lowest BCUT2D eigenvalue weighted by molar-refractivity contribution is -0.403. The predicted octanol–water partition coefficient (Wildman–Crippen LogP) is -1.42. The molecule has 10 heavy (non-hydrogen) atoms. The van der Waals surface area contributed by atoms with Gasteiger partial charge in [-0.15, -0.1) is 0 Å². The second-order valence-corrected chi connectivity index (χ2v) is 0.447. The lowest BCUT2D eigenvalue weighted by Gasteiger charge is -1.74. The number of rotatable bonds is 0. The van der Waals surface area contributed by atoms with E-state index in [1.807, 2.05) is 0 Å². The van der Waals surface area contributed by atoms with Crippen molar-refractivity contribution >= 4 is 0 Å². The lowest BCUT2D eigenvalue weighted by atomic mass is 13.1. The normalized spacial score (nSPS) is 4.80. The predicted molar refractivity (Wildman–Crippen MR) is 25.0 cm³/mol. The molecule has 0 aromatic carbocycles. The van der Waals surface area contributed by atoms with Crippen molar-refractivity contribution in [1.29, 1.82) is 0 Å². The first kappa shape index (κ1) is 23.9.